The zero-order valence-corrected chi connectivity index (χ0v) is 11.7. The molecular formula is C16H14O5. The van der Waals surface area contributed by atoms with Crippen LogP contribution >= 0.6 is 0 Å². The van der Waals surface area contributed by atoms with Crippen LogP contribution in [0.3, 0.4) is 0 Å². The third-order valence-corrected chi connectivity index (χ3v) is 2.81. The molecule has 5 heteroatoms. The minimum absolute atomic E-state index is 0.346. The molecular weight excluding hydrogens is 272 g/mol. The summed E-state index contributed by atoms with van der Waals surface area (Å²) in [5, 5.41) is 0. The zero-order chi connectivity index (χ0) is 15.2. The summed E-state index contributed by atoms with van der Waals surface area (Å²) in [6.07, 6.45) is 0. The van der Waals surface area contributed by atoms with Crippen molar-refractivity contribution in [3.8, 4) is 11.5 Å². The first kappa shape index (κ1) is 14.6. The van der Waals surface area contributed by atoms with Crippen molar-refractivity contribution in [2.75, 3.05) is 14.2 Å². The van der Waals surface area contributed by atoms with Crippen LogP contribution in [0.25, 0.3) is 0 Å². The first-order valence-electron chi connectivity index (χ1n) is 6.18. The zero-order valence-electron chi connectivity index (χ0n) is 11.7. The molecule has 0 radical (unpaired) electrons. The SMILES string of the molecule is COC(=O)c1ccc(C(=O)Oc2ccc(OC)cc2)cc1. The molecule has 5 nitrogen and oxygen atoms in total. The van der Waals surface area contributed by atoms with Gasteiger partial charge in [0.15, 0.2) is 0 Å². The number of carbonyl (C=O) groups is 2. The number of rotatable bonds is 4. The van der Waals surface area contributed by atoms with Crippen molar-refractivity contribution in [2.24, 2.45) is 0 Å². The van der Waals surface area contributed by atoms with Gasteiger partial charge in [-0.2, -0.15) is 0 Å². The Morgan fingerprint density at radius 2 is 1.19 bits per heavy atom. The largest absolute Gasteiger partial charge is 0.497 e. The van der Waals surface area contributed by atoms with Gasteiger partial charge < -0.3 is 14.2 Å². The highest BCUT2D eigenvalue weighted by Crippen LogP contribution is 2.18. The standard InChI is InChI=1S/C16H14O5/c1-19-13-7-9-14(10-8-13)21-16(18)12-5-3-11(4-6-12)15(17)20-2/h3-10H,1-2H3. The molecule has 0 aliphatic heterocycles. The van der Waals surface area contributed by atoms with Crippen LogP contribution in [0.15, 0.2) is 48.5 Å². The van der Waals surface area contributed by atoms with E-state index in [9.17, 15) is 9.59 Å². The van der Waals surface area contributed by atoms with E-state index in [-0.39, 0.29) is 0 Å². The summed E-state index contributed by atoms with van der Waals surface area (Å²) >= 11 is 0. The lowest BCUT2D eigenvalue weighted by Gasteiger charge is -2.06. The van der Waals surface area contributed by atoms with Gasteiger partial charge in [0.25, 0.3) is 0 Å². The number of hydrogen-bond acceptors (Lipinski definition) is 5. The van der Waals surface area contributed by atoms with Crippen LogP contribution in [0, 0.1) is 0 Å². The van der Waals surface area contributed by atoms with Gasteiger partial charge in [0, 0.05) is 0 Å². The van der Waals surface area contributed by atoms with E-state index in [2.05, 4.69) is 4.74 Å². The Labute approximate surface area is 122 Å². The molecule has 2 aromatic rings. The first-order chi connectivity index (χ1) is 10.1. The van der Waals surface area contributed by atoms with Crippen LogP contribution in [0.4, 0.5) is 0 Å². The summed E-state index contributed by atoms with van der Waals surface area (Å²) in [4.78, 5) is 23.2. The number of ether oxygens (including phenoxy) is 3. The normalized spacial score (nSPS) is 9.81. The topological polar surface area (TPSA) is 61.8 Å². The molecule has 0 aliphatic rings. The van der Waals surface area contributed by atoms with Crippen LogP contribution in [0.1, 0.15) is 20.7 Å². The van der Waals surface area contributed by atoms with Crippen molar-refractivity contribution in [2.45, 2.75) is 0 Å². The van der Waals surface area contributed by atoms with E-state index in [0.29, 0.717) is 22.6 Å². The molecule has 21 heavy (non-hydrogen) atoms. The summed E-state index contributed by atoms with van der Waals surface area (Å²) in [5.74, 6) is 0.136. The van der Waals surface area contributed by atoms with Gasteiger partial charge in [-0.1, -0.05) is 0 Å². The molecule has 0 fully saturated rings. The fourth-order valence-electron chi connectivity index (χ4n) is 1.67. The second-order valence-corrected chi connectivity index (χ2v) is 4.13. The molecule has 0 bridgehead atoms. The van der Waals surface area contributed by atoms with Crippen molar-refractivity contribution in [3.63, 3.8) is 0 Å². The van der Waals surface area contributed by atoms with Gasteiger partial charge in [-0.05, 0) is 48.5 Å². The predicted octanol–water partition coefficient (Wildman–Crippen LogP) is 2.70. The van der Waals surface area contributed by atoms with Crippen molar-refractivity contribution < 1.29 is 23.8 Å². The molecule has 0 heterocycles. The highest BCUT2D eigenvalue weighted by atomic mass is 16.5. The molecule has 0 saturated carbocycles. The number of esters is 2. The Morgan fingerprint density at radius 1 is 0.714 bits per heavy atom. The summed E-state index contributed by atoms with van der Waals surface area (Å²) < 4.78 is 14.8. The van der Waals surface area contributed by atoms with Crippen LogP contribution in [-0.2, 0) is 4.74 Å². The van der Waals surface area contributed by atoms with Crippen molar-refractivity contribution in [3.05, 3.63) is 59.7 Å². The molecule has 0 atom stereocenters. The van der Waals surface area contributed by atoms with Crippen molar-refractivity contribution in [1.29, 1.82) is 0 Å². The lowest BCUT2D eigenvalue weighted by atomic mass is 10.1. The van der Waals surface area contributed by atoms with Crippen molar-refractivity contribution in [1.82, 2.24) is 0 Å². The molecule has 0 unspecified atom stereocenters. The summed E-state index contributed by atoms with van der Waals surface area (Å²) in [6.45, 7) is 0. The molecule has 0 saturated heterocycles. The number of benzene rings is 2. The second-order valence-electron chi connectivity index (χ2n) is 4.13. The van der Waals surface area contributed by atoms with E-state index < -0.39 is 11.9 Å². The molecule has 0 aromatic heterocycles. The third kappa shape index (κ3) is 3.60. The second kappa shape index (κ2) is 6.56. The fourth-order valence-corrected chi connectivity index (χ4v) is 1.67. The first-order valence-corrected chi connectivity index (χ1v) is 6.18. The minimum atomic E-state index is -0.503. The fraction of sp³-hybridized carbons (Fsp3) is 0.125. The number of carbonyl (C=O) groups excluding carboxylic acids is 2. The Balaban J connectivity index is 2.07. The van der Waals surface area contributed by atoms with Crippen molar-refractivity contribution >= 4 is 11.9 Å². The summed E-state index contributed by atoms with van der Waals surface area (Å²) in [7, 11) is 2.86. The van der Waals surface area contributed by atoms with Gasteiger partial charge in [-0.15, -0.1) is 0 Å². The van der Waals surface area contributed by atoms with Gasteiger partial charge in [0.2, 0.25) is 0 Å². The van der Waals surface area contributed by atoms with E-state index in [1.807, 2.05) is 0 Å². The molecule has 2 aromatic carbocycles. The molecule has 2 rings (SSSR count). The molecule has 0 N–H and O–H groups in total. The Bertz CT molecular complexity index is 629. The maximum absolute atomic E-state index is 11.9. The van der Waals surface area contributed by atoms with E-state index in [1.54, 1.807) is 31.4 Å². The summed E-state index contributed by atoms with van der Waals surface area (Å²) in [6, 6.07) is 12.7. The predicted molar refractivity (Wildman–Crippen MR) is 75.7 cm³/mol. The highest BCUT2D eigenvalue weighted by Gasteiger charge is 2.11. The lowest BCUT2D eigenvalue weighted by molar-refractivity contribution is 0.0599. The van der Waals surface area contributed by atoms with Gasteiger partial charge in [0.05, 0.1) is 25.3 Å². The Hall–Kier alpha value is -2.82. The molecule has 108 valence electrons. The molecule has 0 spiro atoms. The van der Waals surface area contributed by atoms with Gasteiger partial charge >= 0.3 is 11.9 Å². The van der Waals surface area contributed by atoms with Gasteiger partial charge in [-0.3, -0.25) is 0 Å². The van der Waals surface area contributed by atoms with Crippen LogP contribution in [-0.4, -0.2) is 26.2 Å². The van der Waals surface area contributed by atoms with Gasteiger partial charge in [0.1, 0.15) is 11.5 Å². The quantitative estimate of drug-likeness (QED) is 0.639. The molecule has 0 amide bonds. The minimum Gasteiger partial charge on any atom is -0.497 e. The van der Waals surface area contributed by atoms with E-state index in [1.165, 1.54) is 31.4 Å². The average molecular weight is 286 g/mol. The van der Waals surface area contributed by atoms with Crippen LogP contribution in [0.5, 0.6) is 11.5 Å². The highest BCUT2D eigenvalue weighted by molar-refractivity contribution is 5.94. The number of methoxy groups -OCH3 is 2. The monoisotopic (exact) mass is 286 g/mol. The van der Waals surface area contributed by atoms with E-state index in [4.69, 9.17) is 9.47 Å². The third-order valence-electron chi connectivity index (χ3n) is 2.81. The van der Waals surface area contributed by atoms with E-state index in [0.717, 1.165) is 0 Å². The Morgan fingerprint density at radius 3 is 1.67 bits per heavy atom. The smallest absolute Gasteiger partial charge is 0.343 e. The maximum atomic E-state index is 11.9. The van der Waals surface area contributed by atoms with Crippen LogP contribution < -0.4 is 9.47 Å². The Kier molecular flexibility index (Phi) is 4.56. The summed E-state index contributed by atoms with van der Waals surface area (Å²) in [5.41, 5.74) is 0.719. The number of hydrogen-bond donors (Lipinski definition) is 0. The van der Waals surface area contributed by atoms with Gasteiger partial charge in [-0.25, -0.2) is 9.59 Å². The average Bonchev–Trinajstić information content (AvgIpc) is 2.55. The lowest BCUT2D eigenvalue weighted by Crippen LogP contribution is -2.09. The van der Waals surface area contributed by atoms with E-state index >= 15 is 0 Å². The maximum Gasteiger partial charge on any atom is 0.343 e. The molecule has 0 aliphatic carbocycles. The van der Waals surface area contributed by atoms with Crippen LogP contribution in [0.2, 0.25) is 0 Å².